The number of likely N-dealkylation sites (N-methyl/N-ethyl adjacent to an activating group) is 1. The van der Waals surface area contributed by atoms with E-state index in [2.05, 4.69) is 24.5 Å². The molecule has 0 aliphatic heterocycles. The number of amides is 2. The molecule has 0 heterocycles. The Balaban J connectivity index is 3.97. The van der Waals surface area contributed by atoms with E-state index in [4.69, 9.17) is 0 Å². The molecule has 0 aromatic carbocycles. The van der Waals surface area contributed by atoms with Crippen LogP contribution in [-0.4, -0.2) is 48.9 Å². The van der Waals surface area contributed by atoms with Gasteiger partial charge in [-0.3, -0.25) is 14.5 Å². The SMILES string of the molecule is CC(C)NC(=O)CN(C)CC(=O)NC(C)C(C)C. The summed E-state index contributed by atoms with van der Waals surface area (Å²) in [5, 5.41) is 5.71. The number of nitrogens with one attached hydrogen (secondary N) is 2. The first-order chi connectivity index (χ1) is 8.22. The minimum absolute atomic E-state index is 0.0453. The number of hydrogen-bond acceptors (Lipinski definition) is 3. The van der Waals surface area contributed by atoms with Crippen LogP contribution in [0.25, 0.3) is 0 Å². The van der Waals surface area contributed by atoms with Gasteiger partial charge in [-0.1, -0.05) is 13.8 Å². The maximum absolute atomic E-state index is 11.7. The van der Waals surface area contributed by atoms with Crippen molar-refractivity contribution in [3.63, 3.8) is 0 Å². The molecule has 0 radical (unpaired) electrons. The highest BCUT2D eigenvalue weighted by Gasteiger charge is 2.14. The highest BCUT2D eigenvalue weighted by atomic mass is 16.2. The minimum Gasteiger partial charge on any atom is -0.353 e. The maximum atomic E-state index is 11.7. The molecule has 0 rings (SSSR count). The Labute approximate surface area is 110 Å². The van der Waals surface area contributed by atoms with E-state index in [1.54, 1.807) is 11.9 Å². The van der Waals surface area contributed by atoms with Crippen LogP contribution in [0.2, 0.25) is 0 Å². The van der Waals surface area contributed by atoms with Gasteiger partial charge in [-0.15, -0.1) is 0 Å². The molecular weight excluding hydrogens is 230 g/mol. The lowest BCUT2D eigenvalue weighted by Gasteiger charge is -2.21. The molecule has 0 aliphatic carbocycles. The lowest BCUT2D eigenvalue weighted by atomic mass is 10.1. The smallest absolute Gasteiger partial charge is 0.234 e. The van der Waals surface area contributed by atoms with Crippen molar-refractivity contribution in [3.8, 4) is 0 Å². The Morgan fingerprint density at radius 2 is 1.39 bits per heavy atom. The van der Waals surface area contributed by atoms with Gasteiger partial charge >= 0.3 is 0 Å². The van der Waals surface area contributed by atoms with E-state index in [-0.39, 0.29) is 37.0 Å². The second kappa shape index (κ2) is 8.08. The topological polar surface area (TPSA) is 61.4 Å². The van der Waals surface area contributed by atoms with Crippen LogP contribution in [0.15, 0.2) is 0 Å². The van der Waals surface area contributed by atoms with Gasteiger partial charge in [0.15, 0.2) is 0 Å². The summed E-state index contributed by atoms with van der Waals surface area (Å²) in [6, 6.07) is 0.274. The third kappa shape index (κ3) is 8.06. The number of hydrogen-bond donors (Lipinski definition) is 2. The normalized spacial score (nSPS) is 12.9. The largest absolute Gasteiger partial charge is 0.353 e. The van der Waals surface area contributed by atoms with E-state index in [0.717, 1.165) is 0 Å². The van der Waals surface area contributed by atoms with E-state index in [0.29, 0.717) is 5.92 Å². The summed E-state index contributed by atoms with van der Waals surface area (Å²) in [7, 11) is 1.76. The molecule has 1 atom stereocenters. The highest BCUT2D eigenvalue weighted by molar-refractivity contribution is 5.81. The summed E-state index contributed by atoms with van der Waals surface area (Å²) in [6.07, 6.45) is 0. The Bertz CT molecular complexity index is 277. The van der Waals surface area contributed by atoms with Crippen LogP contribution in [0.4, 0.5) is 0 Å². The lowest BCUT2D eigenvalue weighted by Crippen LogP contribution is -2.45. The van der Waals surface area contributed by atoms with Gasteiger partial charge in [0.25, 0.3) is 0 Å². The molecule has 0 spiro atoms. The fourth-order valence-corrected chi connectivity index (χ4v) is 1.38. The monoisotopic (exact) mass is 257 g/mol. The number of carbonyl (C=O) groups is 2. The van der Waals surface area contributed by atoms with Crippen molar-refractivity contribution in [2.24, 2.45) is 5.92 Å². The first-order valence-corrected chi connectivity index (χ1v) is 6.49. The molecular formula is C13H27N3O2. The quantitative estimate of drug-likeness (QED) is 0.702. The van der Waals surface area contributed by atoms with Crippen molar-refractivity contribution in [2.45, 2.75) is 46.7 Å². The molecule has 106 valence electrons. The molecule has 2 N–H and O–H groups in total. The van der Waals surface area contributed by atoms with Crippen molar-refractivity contribution in [1.82, 2.24) is 15.5 Å². The fourth-order valence-electron chi connectivity index (χ4n) is 1.38. The first-order valence-electron chi connectivity index (χ1n) is 6.49. The summed E-state index contributed by atoms with van der Waals surface area (Å²) < 4.78 is 0. The average molecular weight is 257 g/mol. The van der Waals surface area contributed by atoms with Gasteiger partial charge in [0.2, 0.25) is 11.8 Å². The number of carbonyl (C=O) groups excluding carboxylic acids is 2. The molecule has 0 fully saturated rings. The van der Waals surface area contributed by atoms with Gasteiger partial charge in [0.1, 0.15) is 0 Å². The Morgan fingerprint density at radius 1 is 0.944 bits per heavy atom. The van der Waals surface area contributed by atoms with Gasteiger partial charge in [-0.2, -0.15) is 0 Å². The van der Waals surface area contributed by atoms with Crippen LogP contribution >= 0.6 is 0 Å². The predicted octanol–water partition coefficient (Wildman–Crippen LogP) is 0.604. The highest BCUT2D eigenvalue weighted by Crippen LogP contribution is 1.99. The number of nitrogens with zero attached hydrogens (tertiary/aromatic N) is 1. The first kappa shape index (κ1) is 16.9. The molecule has 5 heteroatoms. The van der Waals surface area contributed by atoms with Crippen LogP contribution in [0.3, 0.4) is 0 Å². The van der Waals surface area contributed by atoms with Crippen LogP contribution in [0.5, 0.6) is 0 Å². The Hall–Kier alpha value is -1.10. The number of rotatable bonds is 7. The van der Waals surface area contributed by atoms with E-state index in [1.807, 2.05) is 20.8 Å². The average Bonchev–Trinajstić information content (AvgIpc) is 2.14. The molecule has 0 aromatic heterocycles. The van der Waals surface area contributed by atoms with Crippen molar-refractivity contribution in [3.05, 3.63) is 0 Å². The molecule has 0 saturated heterocycles. The van der Waals surface area contributed by atoms with E-state index in [9.17, 15) is 9.59 Å². The third-order valence-corrected chi connectivity index (χ3v) is 2.67. The second-order valence-electron chi connectivity index (χ2n) is 5.49. The van der Waals surface area contributed by atoms with Gasteiger partial charge in [0, 0.05) is 12.1 Å². The molecule has 5 nitrogen and oxygen atoms in total. The molecule has 1 unspecified atom stereocenters. The Morgan fingerprint density at radius 3 is 1.78 bits per heavy atom. The van der Waals surface area contributed by atoms with E-state index in [1.165, 1.54) is 0 Å². The summed E-state index contributed by atoms with van der Waals surface area (Å²) in [5.41, 5.74) is 0. The van der Waals surface area contributed by atoms with Crippen LogP contribution in [-0.2, 0) is 9.59 Å². The Kier molecular flexibility index (Phi) is 7.59. The zero-order valence-corrected chi connectivity index (χ0v) is 12.4. The predicted molar refractivity (Wildman–Crippen MR) is 73.2 cm³/mol. The van der Waals surface area contributed by atoms with E-state index < -0.39 is 0 Å². The van der Waals surface area contributed by atoms with Crippen molar-refractivity contribution >= 4 is 11.8 Å². The standard InChI is InChI=1S/C13H27N3O2/c1-9(2)11(5)15-13(18)8-16(6)7-12(17)14-10(3)4/h9-11H,7-8H2,1-6H3,(H,14,17)(H,15,18). The van der Waals surface area contributed by atoms with Crippen molar-refractivity contribution in [2.75, 3.05) is 20.1 Å². The molecule has 2 amide bonds. The lowest BCUT2D eigenvalue weighted by molar-refractivity contribution is -0.125. The van der Waals surface area contributed by atoms with Gasteiger partial charge in [-0.25, -0.2) is 0 Å². The third-order valence-electron chi connectivity index (χ3n) is 2.67. The van der Waals surface area contributed by atoms with Crippen molar-refractivity contribution in [1.29, 1.82) is 0 Å². The van der Waals surface area contributed by atoms with Gasteiger partial charge in [0.05, 0.1) is 13.1 Å². The molecule has 0 bridgehead atoms. The summed E-state index contributed by atoms with van der Waals surface area (Å²) in [5.74, 6) is 0.303. The van der Waals surface area contributed by atoms with Crippen LogP contribution in [0, 0.1) is 5.92 Å². The van der Waals surface area contributed by atoms with Gasteiger partial charge in [-0.05, 0) is 33.7 Å². The zero-order chi connectivity index (χ0) is 14.3. The summed E-state index contributed by atoms with van der Waals surface area (Å²) in [6.45, 7) is 10.4. The van der Waals surface area contributed by atoms with Crippen LogP contribution < -0.4 is 10.6 Å². The zero-order valence-electron chi connectivity index (χ0n) is 12.4. The van der Waals surface area contributed by atoms with Crippen molar-refractivity contribution < 1.29 is 9.59 Å². The molecule has 0 aromatic rings. The van der Waals surface area contributed by atoms with E-state index >= 15 is 0 Å². The molecule has 0 aliphatic rings. The molecule has 0 saturated carbocycles. The summed E-state index contributed by atoms with van der Waals surface area (Å²) >= 11 is 0. The van der Waals surface area contributed by atoms with Gasteiger partial charge < -0.3 is 10.6 Å². The van der Waals surface area contributed by atoms with Crippen LogP contribution in [0.1, 0.15) is 34.6 Å². The summed E-state index contributed by atoms with van der Waals surface area (Å²) in [4.78, 5) is 24.9. The molecule has 18 heavy (non-hydrogen) atoms. The minimum atomic E-state index is -0.0581. The second-order valence-corrected chi connectivity index (χ2v) is 5.49. The maximum Gasteiger partial charge on any atom is 0.234 e. The fraction of sp³-hybridized carbons (Fsp3) is 0.846.